The summed E-state index contributed by atoms with van der Waals surface area (Å²) in [5.74, 6) is 0. The predicted octanol–water partition coefficient (Wildman–Crippen LogP) is 4.40. The molecule has 0 aliphatic carbocycles. The Morgan fingerprint density at radius 1 is 1.29 bits per heavy atom. The molecule has 0 heterocycles. The van der Waals surface area contributed by atoms with Crippen LogP contribution in [0.5, 0.6) is 0 Å². The van der Waals surface area contributed by atoms with Gasteiger partial charge in [-0.15, -0.1) is 9.24 Å². The van der Waals surface area contributed by atoms with Crippen LogP contribution in [0, 0.1) is 0 Å². The third-order valence-corrected chi connectivity index (χ3v) is 2.70. The Morgan fingerprint density at radius 2 is 1.86 bits per heavy atom. The molecule has 0 rings (SSSR count). The van der Waals surface area contributed by atoms with Crippen LogP contribution in [0.2, 0.25) is 0 Å². The van der Waals surface area contributed by atoms with E-state index in [1.807, 2.05) is 26.0 Å². The fraction of sp³-hybridized carbons (Fsp3) is 0.231. The molecule has 0 radical (unpaired) electrons. The van der Waals surface area contributed by atoms with Crippen LogP contribution < -0.4 is 0 Å². The average molecular weight is 206 g/mol. The second-order valence-corrected chi connectivity index (χ2v) is 3.77. The molecule has 0 N–H and O–H groups in total. The van der Waals surface area contributed by atoms with Crippen molar-refractivity contribution in [1.29, 1.82) is 0 Å². The van der Waals surface area contributed by atoms with Crippen LogP contribution in [-0.4, -0.2) is 0 Å². The lowest BCUT2D eigenvalue weighted by Gasteiger charge is -2.08. The summed E-state index contributed by atoms with van der Waals surface area (Å²) >= 11 is 0. The first-order chi connectivity index (χ1) is 6.54. The van der Waals surface area contributed by atoms with Gasteiger partial charge in [0.2, 0.25) is 0 Å². The van der Waals surface area contributed by atoms with Gasteiger partial charge in [0.15, 0.2) is 0 Å². The van der Waals surface area contributed by atoms with Crippen LogP contribution >= 0.6 is 9.24 Å². The molecule has 0 spiro atoms. The quantitative estimate of drug-likeness (QED) is 0.472. The molecule has 0 saturated carbocycles. The van der Waals surface area contributed by atoms with Crippen LogP contribution in [0.15, 0.2) is 59.5 Å². The van der Waals surface area contributed by atoms with Gasteiger partial charge < -0.3 is 0 Å². The minimum absolute atomic E-state index is 1.06. The lowest BCUT2D eigenvalue weighted by Crippen LogP contribution is -1.87. The van der Waals surface area contributed by atoms with Gasteiger partial charge in [-0.2, -0.15) is 0 Å². The van der Waals surface area contributed by atoms with E-state index < -0.39 is 0 Å². The van der Waals surface area contributed by atoms with Gasteiger partial charge in [-0.25, -0.2) is 0 Å². The number of allylic oxidation sites excluding steroid dienone is 8. The Morgan fingerprint density at radius 3 is 2.29 bits per heavy atom. The summed E-state index contributed by atoms with van der Waals surface area (Å²) in [6.45, 7) is 13.8. The van der Waals surface area contributed by atoms with Crippen molar-refractivity contribution in [1.82, 2.24) is 0 Å². The molecule has 0 aromatic rings. The molecule has 1 heteroatoms. The molecule has 0 aromatic carbocycles. The summed E-state index contributed by atoms with van der Waals surface area (Å²) < 4.78 is 0. The smallest absolute Gasteiger partial charge is 0.0264 e. The van der Waals surface area contributed by atoms with Crippen molar-refractivity contribution in [3.8, 4) is 0 Å². The minimum atomic E-state index is 1.06. The molecule has 0 aliphatic heterocycles. The zero-order valence-corrected chi connectivity index (χ0v) is 10.5. The van der Waals surface area contributed by atoms with E-state index in [0.717, 1.165) is 11.1 Å². The van der Waals surface area contributed by atoms with Gasteiger partial charge in [0.05, 0.1) is 0 Å². The zero-order chi connectivity index (χ0) is 11.1. The molecule has 0 aromatic heterocycles. The van der Waals surface area contributed by atoms with Gasteiger partial charge in [0, 0.05) is 0 Å². The Kier molecular flexibility index (Phi) is 6.16. The lowest BCUT2D eigenvalue weighted by molar-refractivity contribution is 1.33. The maximum atomic E-state index is 4.06. The average Bonchev–Trinajstić information content (AvgIpc) is 2.16. The largest absolute Gasteiger partial charge is 0.105 e. The van der Waals surface area contributed by atoms with E-state index >= 15 is 0 Å². The third kappa shape index (κ3) is 3.89. The van der Waals surface area contributed by atoms with Gasteiger partial charge in [0.25, 0.3) is 0 Å². The van der Waals surface area contributed by atoms with Crippen LogP contribution in [0.25, 0.3) is 0 Å². The van der Waals surface area contributed by atoms with Gasteiger partial charge in [0.1, 0.15) is 0 Å². The third-order valence-electron chi connectivity index (χ3n) is 2.08. The second kappa shape index (κ2) is 6.56. The highest BCUT2D eigenvalue weighted by molar-refractivity contribution is 7.23. The van der Waals surface area contributed by atoms with E-state index in [1.165, 1.54) is 10.9 Å². The number of rotatable bonds is 4. The Balaban J connectivity index is 4.96. The van der Waals surface area contributed by atoms with Gasteiger partial charge in [-0.3, -0.25) is 0 Å². The highest BCUT2D eigenvalue weighted by Crippen LogP contribution is 2.24. The molecule has 0 bridgehead atoms. The van der Waals surface area contributed by atoms with E-state index in [1.54, 1.807) is 6.08 Å². The van der Waals surface area contributed by atoms with E-state index in [2.05, 4.69) is 35.4 Å². The molecule has 0 fully saturated rings. The second-order valence-electron chi connectivity index (χ2n) is 3.14. The minimum Gasteiger partial charge on any atom is -0.105 e. The lowest BCUT2D eigenvalue weighted by atomic mass is 10.0. The highest BCUT2D eigenvalue weighted by Gasteiger charge is 2.01. The van der Waals surface area contributed by atoms with E-state index in [0.29, 0.717) is 0 Å². The summed E-state index contributed by atoms with van der Waals surface area (Å²) in [5, 5.41) is 1.18. The SMILES string of the molecule is C=CC=C(C)C(=C)C(C)=C(P)C=CC. The molecule has 0 nitrogen and oxygen atoms in total. The zero-order valence-electron chi connectivity index (χ0n) is 9.30. The molecule has 76 valence electrons. The molecule has 1 unspecified atom stereocenters. The number of hydrogen-bond donors (Lipinski definition) is 0. The van der Waals surface area contributed by atoms with Crippen molar-refractivity contribution >= 4 is 9.24 Å². The van der Waals surface area contributed by atoms with Crippen LogP contribution in [0.3, 0.4) is 0 Å². The molecule has 14 heavy (non-hydrogen) atoms. The van der Waals surface area contributed by atoms with Crippen molar-refractivity contribution in [2.45, 2.75) is 20.8 Å². The number of hydrogen-bond acceptors (Lipinski definition) is 0. The van der Waals surface area contributed by atoms with E-state index in [4.69, 9.17) is 0 Å². The molecule has 0 saturated heterocycles. The maximum absolute atomic E-state index is 4.06. The fourth-order valence-corrected chi connectivity index (χ4v) is 1.42. The standard InChI is InChI=1S/C13H19P/c1-6-8-10(3)11(4)12(5)13(14)9-7-2/h6-9H,1,4,14H2,2-3,5H3. The van der Waals surface area contributed by atoms with Gasteiger partial charge in [-0.05, 0) is 42.8 Å². The molecule has 0 aliphatic rings. The van der Waals surface area contributed by atoms with Crippen LogP contribution in [0.4, 0.5) is 0 Å². The Bertz CT molecular complexity index is 314. The predicted molar refractivity (Wildman–Crippen MR) is 70.3 cm³/mol. The van der Waals surface area contributed by atoms with Gasteiger partial charge in [-0.1, -0.05) is 37.5 Å². The highest BCUT2D eigenvalue weighted by atomic mass is 31.0. The molecule has 0 amide bonds. The van der Waals surface area contributed by atoms with Crippen molar-refractivity contribution in [3.05, 3.63) is 59.5 Å². The summed E-state index contributed by atoms with van der Waals surface area (Å²) in [6.07, 6.45) is 7.84. The first kappa shape index (κ1) is 13.1. The van der Waals surface area contributed by atoms with Crippen LogP contribution in [0.1, 0.15) is 20.8 Å². The Labute approximate surface area is 90.0 Å². The molecular formula is C13H19P. The van der Waals surface area contributed by atoms with Crippen molar-refractivity contribution in [2.75, 3.05) is 0 Å². The monoisotopic (exact) mass is 206 g/mol. The summed E-state index contributed by atoms with van der Waals surface area (Å²) in [7, 11) is 2.72. The van der Waals surface area contributed by atoms with Crippen molar-refractivity contribution in [2.24, 2.45) is 0 Å². The topological polar surface area (TPSA) is 0 Å². The van der Waals surface area contributed by atoms with E-state index in [-0.39, 0.29) is 0 Å². The molecule has 1 atom stereocenters. The van der Waals surface area contributed by atoms with Crippen LogP contribution in [-0.2, 0) is 0 Å². The fourth-order valence-electron chi connectivity index (χ4n) is 1.05. The van der Waals surface area contributed by atoms with Gasteiger partial charge >= 0.3 is 0 Å². The van der Waals surface area contributed by atoms with E-state index in [9.17, 15) is 0 Å². The molecular weight excluding hydrogens is 187 g/mol. The first-order valence-corrected chi connectivity index (χ1v) is 5.20. The Hall–Kier alpha value is -0.870. The summed E-state index contributed by atoms with van der Waals surface area (Å²) in [4.78, 5) is 0. The summed E-state index contributed by atoms with van der Waals surface area (Å²) in [5.41, 5.74) is 3.42. The normalized spacial score (nSPS) is 14.1. The first-order valence-electron chi connectivity index (χ1n) is 4.62. The van der Waals surface area contributed by atoms with Crippen molar-refractivity contribution < 1.29 is 0 Å². The maximum Gasteiger partial charge on any atom is -0.0264 e. The van der Waals surface area contributed by atoms with Crippen molar-refractivity contribution in [3.63, 3.8) is 0 Å². The summed E-state index contributed by atoms with van der Waals surface area (Å²) in [6, 6.07) is 0.